The average molecular weight is 238 g/mol. The van der Waals surface area contributed by atoms with Crippen molar-refractivity contribution in [2.45, 2.75) is 64.6 Å². The predicted molar refractivity (Wildman–Crippen MR) is 65.3 cm³/mol. The summed E-state index contributed by atoms with van der Waals surface area (Å²) in [6.45, 7) is 5.97. The summed E-state index contributed by atoms with van der Waals surface area (Å²) in [7, 11) is 0. The molecule has 1 aliphatic carbocycles. The van der Waals surface area contributed by atoms with E-state index in [4.69, 9.17) is 0 Å². The van der Waals surface area contributed by atoms with E-state index in [0.29, 0.717) is 5.92 Å². The van der Waals surface area contributed by atoms with Gasteiger partial charge in [-0.3, -0.25) is 9.59 Å². The lowest BCUT2D eigenvalue weighted by atomic mass is 10.0. The van der Waals surface area contributed by atoms with Crippen molar-refractivity contribution in [1.29, 1.82) is 0 Å². The molecule has 3 atom stereocenters. The van der Waals surface area contributed by atoms with Crippen molar-refractivity contribution in [3.8, 4) is 0 Å². The van der Waals surface area contributed by atoms with E-state index in [2.05, 4.69) is 12.2 Å². The number of amides is 2. The average Bonchev–Trinajstić information content (AvgIpc) is 3.08. The Kier molecular flexibility index (Phi) is 3.40. The van der Waals surface area contributed by atoms with E-state index in [1.54, 1.807) is 4.90 Å². The first-order valence-electron chi connectivity index (χ1n) is 6.68. The molecule has 17 heavy (non-hydrogen) atoms. The van der Waals surface area contributed by atoms with Crippen molar-refractivity contribution < 1.29 is 9.59 Å². The minimum Gasteiger partial charge on any atom is -0.342 e. The van der Waals surface area contributed by atoms with Crippen LogP contribution in [0, 0.1) is 5.92 Å². The van der Waals surface area contributed by atoms with Gasteiger partial charge in [-0.15, -0.1) is 0 Å². The zero-order chi connectivity index (χ0) is 12.6. The number of hydrogen-bond acceptors (Lipinski definition) is 2. The van der Waals surface area contributed by atoms with E-state index in [1.165, 1.54) is 0 Å². The lowest BCUT2D eigenvalue weighted by Gasteiger charge is -2.41. The molecule has 4 nitrogen and oxygen atoms in total. The Bertz CT molecular complexity index is 325. The van der Waals surface area contributed by atoms with Gasteiger partial charge < -0.3 is 10.2 Å². The minimum atomic E-state index is -0.320. The van der Waals surface area contributed by atoms with E-state index in [-0.39, 0.29) is 29.9 Å². The molecule has 96 valence electrons. The standard InChI is InChI=1S/C13H22N2O2/c1-4-5-8(2)15-9(3)12(16)14-11(13(15)17)10-6-7-10/h8-11H,4-7H2,1-3H3,(H,14,16). The zero-order valence-electron chi connectivity index (χ0n) is 10.9. The SMILES string of the molecule is CCCC(C)N1C(=O)C(C2CC2)NC(=O)C1C. The molecule has 2 aliphatic rings. The molecule has 1 aliphatic heterocycles. The maximum Gasteiger partial charge on any atom is 0.246 e. The zero-order valence-corrected chi connectivity index (χ0v) is 10.9. The summed E-state index contributed by atoms with van der Waals surface area (Å²) in [4.78, 5) is 26.1. The molecule has 1 saturated carbocycles. The van der Waals surface area contributed by atoms with E-state index >= 15 is 0 Å². The van der Waals surface area contributed by atoms with E-state index in [9.17, 15) is 9.59 Å². The first-order chi connectivity index (χ1) is 8.06. The van der Waals surface area contributed by atoms with E-state index in [1.807, 2.05) is 13.8 Å². The van der Waals surface area contributed by atoms with Crippen LogP contribution in [0.15, 0.2) is 0 Å². The molecule has 3 unspecified atom stereocenters. The van der Waals surface area contributed by atoms with Gasteiger partial charge in [-0.2, -0.15) is 0 Å². The lowest BCUT2D eigenvalue weighted by molar-refractivity contribution is -0.151. The Morgan fingerprint density at radius 3 is 2.59 bits per heavy atom. The van der Waals surface area contributed by atoms with Crippen molar-refractivity contribution in [2.75, 3.05) is 0 Å². The molecule has 0 spiro atoms. The molecular formula is C13H22N2O2. The molecule has 2 amide bonds. The number of nitrogens with one attached hydrogen (secondary N) is 1. The molecule has 1 saturated heterocycles. The van der Waals surface area contributed by atoms with E-state index < -0.39 is 0 Å². The Hall–Kier alpha value is -1.06. The fourth-order valence-corrected chi connectivity index (χ4v) is 2.72. The van der Waals surface area contributed by atoms with Crippen molar-refractivity contribution in [3.63, 3.8) is 0 Å². The van der Waals surface area contributed by atoms with Crippen molar-refractivity contribution >= 4 is 11.8 Å². The second-order valence-electron chi connectivity index (χ2n) is 5.38. The number of rotatable bonds is 4. The first kappa shape index (κ1) is 12.4. The minimum absolute atomic E-state index is 0.00412. The monoisotopic (exact) mass is 238 g/mol. The Balaban J connectivity index is 2.14. The predicted octanol–water partition coefficient (Wildman–Crippen LogP) is 1.30. The van der Waals surface area contributed by atoms with Gasteiger partial charge in [0.25, 0.3) is 0 Å². The molecule has 1 N–H and O–H groups in total. The summed E-state index contributed by atoms with van der Waals surface area (Å²) >= 11 is 0. The number of piperazine rings is 1. The molecule has 0 aromatic rings. The van der Waals surface area contributed by atoms with Crippen LogP contribution in [0.1, 0.15) is 46.5 Å². The molecule has 0 bridgehead atoms. The molecule has 2 rings (SSSR count). The molecule has 0 radical (unpaired) electrons. The van der Waals surface area contributed by atoms with Crippen molar-refractivity contribution in [2.24, 2.45) is 5.92 Å². The molecule has 1 heterocycles. The van der Waals surface area contributed by atoms with Gasteiger partial charge >= 0.3 is 0 Å². The topological polar surface area (TPSA) is 49.4 Å². The fraction of sp³-hybridized carbons (Fsp3) is 0.846. The van der Waals surface area contributed by atoms with Crippen LogP contribution in [0.4, 0.5) is 0 Å². The van der Waals surface area contributed by atoms with Crippen LogP contribution in [0.25, 0.3) is 0 Å². The number of carbonyl (C=O) groups is 2. The largest absolute Gasteiger partial charge is 0.342 e. The van der Waals surface area contributed by atoms with Gasteiger partial charge in [0.1, 0.15) is 12.1 Å². The summed E-state index contributed by atoms with van der Waals surface area (Å²) in [5.41, 5.74) is 0. The first-order valence-corrected chi connectivity index (χ1v) is 6.68. The third kappa shape index (κ3) is 2.31. The van der Waals surface area contributed by atoms with Crippen LogP contribution in [-0.4, -0.2) is 34.8 Å². The summed E-state index contributed by atoms with van der Waals surface area (Å²) in [5, 5.41) is 2.87. The Morgan fingerprint density at radius 1 is 1.41 bits per heavy atom. The Morgan fingerprint density at radius 2 is 2.06 bits per heavy atom. The maximum atomic E-state index is 12.4. The summed E-state index contributed by atoms with van der Waals surface area (Å²) in [6.07, 6.45) is 4.14. The van der Waals surface area contributed by atoms with Gasteiger partial charge in [0.15, 0.2) is 0 Å². The highest BCUT2D eigenvalue weighted by Gasteiger charge is 2.46. The van der Waals surface area contributed by atoms with Gasteiger partial charge in [-0.1, -0.05) is 13.3 Å². The molecule has 4 heteroatoms. The van der Waals surface area contributed by atoms with Crippen LogP contribution in [0.5, 0.6) is 0 Å². The highest BCUT2D eigenvalue weighted by atomic mass is 16.2. The third-order valence-electron chi connectivity index (χ3n) is 3.89. The second kappa shape index (κ2) is 4.67. The van der Waals surface area contributed by atoms with Crippen LogP contribution >= 0.6 is 0 Å². The second-order valence-corrected chi connectivity index (χ2v) is 5.38. The van der Waals surface area contributed by atoms with Gasteiger partial charge in [0, 0.05) is 6.04 Å². The van der Waals surface area contributed by atoms with Crippen molar-refractivity contribution in [3.05, 3.63) is 0 Å². The molecule has 0 aromatic carbocycles. The van der Waals surface area contributed by atoms with Gasteiger partial charge in [-0.05, 0) is 39.0 Å². The smallest absolute Gasteiger partial charge is 0.246 e. The van der Waals surface area contributed by atoms with Gasteiger partial charge in [0.2, 0.25) is 11.8 Å². The highest BCUT2D eigenvalue weighted by molar-refractivity contribution is 5.97. The Labute approximate surface area is 103 Å². The van der Waals surface area contributed by atoms with Gasteiger partial charge in [0.05, 0.1) is 0 Å². The van der Waals surface area contributed by atoms with E-state index in [0.717, 1.165) is 25.7 Å². The molecule has 2 fully saturated rings. The summed E-state index contributed by atoms with van der Waals surface area (Å²) in [5.74, 6) is 0.514. The number of hydrogen-bond donors (Lipinski definition) is 1. The summed E-state index contributed by atoms with van der Waals surface area (Å²) < 4.78 is 0. The highest BCUT2D eigenvalue weighted by Crippen LogP contribution is 2.35. The summed E-state index contributed by atoms with van der Waals surface area (Å²) in [6, 6.07) is -0.410. The van der Waals surface area contributed by atoms with Crippen LogP contribution in [0.3, 0.4) is 0 Å². The van der Waals surface area contributed by atoms with Crippen LogP contribution in [0.2, 0.25) is 0 Å². The number of carbonyl (C=O) groups excluding carboxylic acids is 2. The normalized spacial score (nSPS) is 31.4. The molecule has 0 aromatic heterocycles. The van der Waals surface area contributed by atoms with Crippen molar-refractivity contribution in [1.82, 2.24) is 10.2 Å². The number of nitrogens with zero attached hydrogens (tertiary/aromatic N) is 1. The fourth-order valence-electron chi connectivity index (χ4n) is 2.72. The lowest BCUT2D eigenvalue weighted by Crippen LogP contribution is -2.65. The maximum absolute atomic E-state index is 12.4. The quantitative estimate of drug-likeness (QED) is 0.802. The van der Waals surface area contributed by atoms with Crippen LogP contribution < -0.4 is 5.32 Å². The molecular weight excluding hydrogens is 216 g/mol. The van der Waals surface area contributed by atoms with Gasteiger partial charge in [-0.25, -0.2) is 0 Å². The third-order valence-corrected chi connectivity index (χ3v) is 3.89. The van der Waals surface area contributed by atoms with Crippen LogP contribution in [-0.2, 0) is 9.59 Å².